The number of halogens is 1. The molecule has 1 N–H and O–H groups in total. The summed E-state index contributed by atoms with van der Waals surface area (Å²) in [5.41, 5.74) is 0. The van der Waals surface area contributed by atoms with E-state index in [4.69, 9.17) is 0 Å². The number of thioether (sulfide) groups is 1. The van der Waals surface area contributed by atoms with Crippen molar-refractivity contribution in [2.45, 2.75) is 19.4 Å². The van der Waals surface area contributed by atoms with E-state index in [1.807, 2.05) is 6.26 Å². The highest BCUT2D eigenvalue weighted by Crippen LogP contribution is 2.13. The minimum atomic E-state index is -0.285. The summed E-state index contributed by atoms with van der Waals surface area (Å²) in [5, 5.41) is 3.09. The molecule has 0 fully saturated rings. The van der Waals surface area contributed by atoms with Gasteiger partial charge in [-0.3, -0.25) is 0 Å². The first-order valence-electron chi connectivity index (χ1n) is 4.64. The normalized spacial score (nSPS) is 12.5. The average Bonchev–Trinajstić information content (AvgIpc) is 2.20. The summed E-state index contributed by atoms with van der Waals surface area (Å²) in [6, 6.07) is 3.30. The molecule has 1 atom stereocenters. The molecule has 1 aromatic heterocycles. The predicted octanol–water partition coefficient (Wildman–Crippen LogP) is 2.77. The zero-order chi connectivity index (χ0) is 10.4. The third-order valence-electron chi connectivity index (χ3n) is 1.96. The molecule has 1 aromatic rings. The Bertz CT molecular complexity index is 281. The van der Waals surface area contributed by atoms with Crippen molar-refractivity contribution in [2.75, 3.05) is 17.3 Å². The van der Waals surface area contributed by atoms with Gasteiger partial charge >= 0.3 is 0 Å². The van der Waals surface area contributed by atoms with Crippen molar-refractivity contribution in [1.82, 2.24) is 4.98 Å². The lowest BCUT2D eigenvalue weighted by Gasteiger charge is -2.16. The standard InChI is InChI=1S/C10H15FN2S/c1-3-8(7-14-2)13-10-9(11)5-4-6-12-10/h4-6,8H,3,7H2,1-2H3,(H,12,13). The highest BCUT2D eigenvalue weighted by molar-refractivity contribution is 7.98. The maximum Gasteiger partial charge on any atom is 0.165 e. The zero-order valence-corrected chi connectivity index (χ0v) is 9.27. The maximum absolute atomic E-state index is 13.2. The fourth-order valence-electron chi connectivity index (χ4n) is 1.15. The van der Waals surface area contributed by atoms with Crippen LogP contribution < -0.4 is 5.32 Å². The second-order valence-corrected chi connectivity index (χ2v) is 3.95. The smallest absolute Gasteiger partial charge is 0.165 e. The maximum atomic E-state index is 13.2. The van der Waals surface area contributed by atoms with E-state index in [-0.39, 0.29) is 11.9 Å². The first-order valence-corrected chi connectivity index (χ1v) is 6.03. The number of nitrogens with zero attached hydrogens (tertiary/aromatic N) is 1. The van der Waals surface area contributed by atoms with Crippen LogP contribution in [-0.2, 0) is 0 Å². The third kappa shape index (κ3) is 3.18. The van der Waals surface area contributed by atoms with Gasteiger partial charge in [-0.25, -0.2) is 9.37 Å². The molecular weight excluding hydrogens is 199 g/mol. The van der Waals surface area contributed by atoms with Crippen molar-refractivity contribution >= 4 is 17.6 Å². The quantitative estimate of drug-likeness (QED) is 0.815. The van der Waals surface area contributed by atoms with Crippen LogP contribution in [0.2, 0.25) is 0 Å². The van der Waals surface area contributed by atoms with Crippen LogP contribution in [0.25, 0.3) is 0 Å². The molecule has 78 valence electrons. The number of hydrogen-bond donors (Lipinski definition) is 1. The van der Waals surface area contributed by atoms with Gasteiger partial charge in [-0.1, -0.05) is 6.92 Å². The minimum Gasteiger partial charge on any atom is -0.364 e. The average molecular weight is 214 g/mol. The molecule has 0 radical (unpaired) electrons. The molecule has 0 aliphatic carbocycles. The van der Waals surface area contributed by atoms with Crippen LogP contribution in [-0.4, -0.2) is 23.0 Å². The summed E-state index contributed by atoms with van der Waals surface area (Å²) >= 11 is 1.75. The molecule has 2 nitrogen and oxygen atoms in total. The van der Waals surface area contributed by atoms with E-state index in [2.05, 4.69) is 17.2 Å². The summed E-state index contributed by atoms with van der Waals surface area (Å²) in [4.78, 5) is 3.95. The van der Waals surface area contributed by atoms with Gasteiger partial charge in [0.1, 0.15) is 0 Å². The Morgan fingerprint density at radius 2 is 2.43 bits per heavy atom. The van der Waals surface area contributed by atoms with Crippen molar-refractivity contribution in [3.63, 3.8) is 0 Å². The molecule has 0 aliphatic heterocycles. The largest absolute Gasteiger partial charge is 0.364 e. The van der Waals surface area contributed by atoms with E-state index in [1.54, 1.807) is 24.0 Å². The SMILES string of the molecule is CCC(CSC)Nc1ncccc1F. The Morgan fingerprint density at radius 1 is 1.64 bits per heavy atom. The van der Waals surface area contributed by atoms with Gasteiger partial charge in [0, 0.05) is 18.0 Å². The van der Waals surface area contributed by atoms with E-state index >= 15 is 0 Å². The van der Waals surface area contributed by atoms with Crippen LogP contribution in [0.5, 0.6) is 0 Å². The number of pyridine rings is 1. The predicted molar refractivity (Wildman–Crippen MR) is 60.3 cm³/mol. The summed E-state index contributed by atoms with van der Waals surface area (Å²) in [6.45, 7) is 2.08. The molecule has 1 rings (SSSR count). The first-order chi connectivity index (χ1) is 6.77. The van der Waals surface area contributed by atoms with Gasteiger partial charge in [0.25, 0.3) is 0 Å². The summed E-state index contributed by atoms with van der Waals surface area (Å²) in [6.07, 6.45) is 4.60. The number of rotatable bonds is 5. The van der Waals surface area contributed by atoms with Gasteiger partial charge in [0.05, 0.1) is 0 Å². The lowest BCUT2D eigenvalue weighted by atomic mass is 10.2. The molecule has 0 saturated carbocycles. The molecule has 0 amide bonds. The Balaban J connectivity index is 2.62. The Kier molecular flexibility index (Phi) is 4.73. The van der Waals surface area contributed by atoms with Crippen LogP contribution in [0.3, 0.4) is 0 Å². The highest BCUT2D eigenvalue weighted by atomic mass is 32.2. The third-order valence-corrected chi connectivity index (χ3v) is 2.70. The van der Waals surface area contributed by atoms with Crippen molar-refractivity contribution in [3.8, 4) is 0 Å². The molecule has 0 bridgehead atoms. The first kappa shape index (κ1) is 11.3. The molecule has 4 heteroatoms. The number of aromatic nitrogens is 1. The summed E-state index contributed by atoms with van der Waals surface area (Å²) in [7, 11) is 0. The van der Waals surface area contributed by atoms with Crippen molar-refractivity contribution in [2.24, 2.45) is 0 Å². The minimum absolute atomic E-state index is 0.285. The van der Waals surface area contributed by atoms with Crippen molar-refractivity contribution in [1.29, 1.82) is 0 Å². The number of anilines is 1. The van der Waals surface area contributed by atoms with Gasteiger partial charge in [-0.2, -0.15) is 11.8 Å². The van der Waals surface area contributed by atoms with Crippen molar-refractivity contribution < 1.29 is 4.39 Å². The van der Waals surface area contributed by atoms with Gasteiger partial charge in [0.15, 0.2) is 11.6 Å². The van der Waals surface area contributed by atoms with Gasteiger partial charge < -0.3 is 5.32 Å². The Morgan fingerprint density at radius 3 is 3.00 bits per heavy atom. The van der Waals surface area contributed by atoms with E-state index in [0.29, 0.717) is 5.82 Å². The number of hydrogen-bond acceptors (Lipinski definition) is 3. The second kappa shape index (κ2) is 5.86. The Labute approximate surface area is 88.3 Å². The molecular formula is C10H15FN2S. The summed E-state index contributed by atoms with van der Waals surface area (Å²) in [5.74, 6) is 1.03. The van der Waals surface area contributed by atoms with Gasteiger partial charge in [0.2, 0.25) is 0 Å². The fraction of sp³-hybridized carbons (Fsp3) is 0.500. The second-order valence-electron chi connectivity index (χ2n) is 3.04. The van der Waals surface area contributed by atoms with Crippen LogP contribution in [0.15, 0.2) is 18.3 Å². The molecule has 14 heavy (non-hydrogen) atoms. The van der Waals surface area contributed by atoms with Crippen LogP contribution >= 0.6 is 11.8 Å². The van der Waals surface area contributed by atoms with Crippen LogP contribution in [0.4, 0.5) is 10.2 Å². The lowest BCUT2D eigenvalue weighted by Crippen LogP contribution is -2.22. The monoisotopic (exact) mass is 214 g/mol. The van der Waals surface area contributed by atoms with Crippen LogP contribution in [0.1, 0.15) is 13.3 Å². The molecule has 1 heterocycles. The molecule has 0 saturated heterocycles. The highest BCUT2D eigenvalue weighted by Gasteiger charge is 2.08. The van der Waals surface area contributed by atoms with E-state index in [9.17, 15) is 4.39 Å². The molecule has 0 aromatic carbocycles. The lowest BCUT2D eigenvalue weighted by molar-refractivity contribution is 0.619. The topological polar surface area (TPSA) is 24.9 Å². The summed E-state index contributed by atoms with van der Waals surface area (Å²) < 4.78 is 13.2. The Hall–Kier alpha value is -0.770. The fourth-order valence-corrected chi connectivity index (χ4v) is 1.87. The van der Waals surface area contributed by atoms with Crippen LogP contribution in [0, 0.1) is 5.82 Å². The zero-order valence-electron chi connectivity index (χ0n) is 8.46. The molecule has 0 aliphatic rings. The van der Waals surface area contributed by atoms with E-state index < -0.39 is 0 Å². The number of nitrogens with one attached hydrogen (secondary N) is 1. The molecule has 1 unspecified atom stereocenters. The van der Waals surface area contributed by atoms with Gasteiger partial charge in [-0.05, 0) is 24.8 Å². The van der Waals surface area contributed by atoms with Gasteiger partial charge in [-0.15, -0.1) is 0 Å². The van der Waals surface area contributed by atoms with E-state index in [0.717, 1.165) is 12.2 Å². The molecule has 0 spiro atoms. The van der Waals surface area contributed by atoms with E-state index in [1.165, 1.54) is 6.07 Å². The van der Waals surface area contributed by atoms with Crippen molar-refractivity contribution in [3.05, 3.63) is 24.1 Å².